The molecule has 0 aliphatic heterocycles. The van der Waals surface area contributed by atoms with Gasteiger partial charge >= 0.3 is 17.9 Å². The first-order valence-corrected chi connectivity index (χ1v) is 25.3. The molecule has 6 nitrogen and oxygen atoms in total. The highest BCUT2D eigenvalue weighted by Crippen LogP contribution is 2.15. The lowest BCUT2D eigenvalue weighted by Gasteiger charge is -2.18. The first-order valence-electron chi connectivity index (χ1n) is 25.3. The quantitative estimate of drug-likeness (QED) is 0.0263. The molecule has 0 aromatic heterocycles. The standard InChI is InChI=1S/C54H94O6/c1-4-7-10-13-16-19-21-23-25-26-27-28-29-31-32-35-38-41-44-47-53(56)59-50-51(49-58-52(55)46-43-40-37-34-18-15-12-9-6-3)60-54(57)48-45-42-39-36-33-30-24-22-20-17-14-11-8-5-2/h7,10,16,19,23,25,27-28,31-32,51H,4-6,8-9,11-15,17-18,20-22,24,26,29-30,33-50H2,1-3H3/b10-7-,19-16-,25-23-,28-27-,32-31-/t51-/m1/s1. The van der Waals surface area contributed by atoms with Crippen molar-refractivity contribution in [2.45, 2.75) is 252 Å². The lowest BCUT2D eigenvalue weighted by molar-refractivity contribution is -0.167. The Hall–Kier alpha value is -2.89. The summed E-state index contributed by atoms with van der Waals surface area (Å²) in [6.45, 7) is 6.48. The first kappa shape index (κ1) is 57.1. The van der Waals surface area contributed by atoms with Gasteiger partial charge in [0.05, 0.1) is 0 Å². The van der Waals surface area contributed by atoms with Crippen LogP contribution >= 0.6 is 0 Å². The highest BCUT2D eigenvalue weighted by atomic mass is 16.6. The Morgan fingerprint density at radius 2 is 0.650 bits per heavy atom. The van der Waals surface area contributed by atoms with Gasteiger partial charge in [0.2, 0.25) is 0 Å². The van der Waals surface area contributed by atoms with E-state index in [4.69, 9.17) is 14.2 Å². The molecule has 0 radical (unpaired) electrons. The van der Waals surface area contributed by atoms with Gasteiger partial charge in [0.15, 0.2) is 6.10 Å². The lowest BCUT2D eigenvalue weighted by atomic mass is 10.0. The van der Waals surface area contributed by atoms with E-state index < -0.39 is 6.10 Å². The van der Waals surface area contributed by atoms with Gasteiger partial charge in [0, 0.05) is 19.3 Å². The van der Waals surface area contributed by atoms with Crippen LogP contribution in [-0.4, -0.2) is 37.2 Å². The molecule has 0 aliphatic rings. The highest BCUT2D eigenvalue weighted by Gasteiger charge is 2.19. The second-order valence-corrected chi connectivity index (χ2v) is 16.7. The van der Waals surface area contributed by atoms with E-state index in [9.17, 15) is 14.4 Å². The number of rotatable bonds is 45. The van der Waals surface area contributed by atoms with Crippen molar-refractivity contribution in [1.29, 1.82) is 0 Å². The summed E-state index contributed by atoms with van der Waals surface area (Å²) in [5, 5.41) is 0. The van der Waals surface area contributed by atoms with Crippen LogP contribution in [0.5, 0.6) is 0 Å². The van der Waals surface area contributed by atoms with E-state index in [1.807, 2.05) is 0 Å². The zero-order valence-electron chi connectivity index (χ0n) is 39.5. The molecule has 0 amide bonds. The van der Waals surface area contributed by atoms with Crippen molar-refractivity contribution in [2.75, 3.05) is 13.2 Å². The number of ether oxygens (including phenoxy) is 3. The monoisotopic (exact) mass is 839 g/mol. The molecule has 0 fully saturated rings. The molecule has 0 spiro atoms. The van der Waals surface area contributed by atoms with Gasteiger partial charge in [-0.3, -0.25) is 14.4 Å². The Kier molecular flexibility index (Phi) is 46.4. The number of esters is 3. The van der Waals surface area contributed by atoms with Gasteiger partial charge in [0.25, 0.3) is 0 Å². The molecule has 0 aromatic rings. The van der Waals surface area contributed by atoms with Crippen molar-refractivity contribution in [3.05, 3.63) is 60.8 Å². The van der Waals surface area contributed by atoms with E-state index in [0.29, 0.717) is 19.3 Å². The SMILES string of the molecule is CC/C=C\C/C=C\C/C=C\C/C=C\C/C=C\CCCCCC(=O)OC[C@@H](COC(=O)CCCCCCCCCCC)OC(=O)CCCCCCCCCCCCCCCC. The minimum Gasteiger partial charge on any atom is -0.462 e. The van der Waals surface area contributed by atoms with Crippen molar-refractivity contribution in [1.82, 2.24) is 0 Å². The molecule has 0 heterocycles. The fourth-order valence-electron chi connectivity index (χ4n) is 7.00. The third kappa shape index (κ3) is 46.2. The largest absolute Gasteiger partial charge is 0.462 e. The molecule has 0 saturated heterocycles. The van der Waals surface area contributed by atoms with E-state index >= 15 is 0 Å². The van der Waals surface area contributed by atoms with Crippen LogP contribution < -0.4 is 0 Å². The molecule has 0 N–H and O–H groups in total. The van der Waals surface area contributed by atoms with Crippen LogP contribution in [0.25, 0.3) is 0 Å². The Morgan fingerprint density at radius 3 is 1.02 bits per heavy atom. The summed E-state index contributed by atoms with van der Waals surface area (Å²) in [6.07, 6.45) is 59.2. The number of unbranched alkanes of at least 4 members (excludes halogenated alkanes) is 24. The molecular weight excluding hydrogens is 745 g/mol. The van der Waals surface area contributed by atoms with E-state index in [1.165, 1.54) is 109 Å². The molecule has 346 valence electrons. The van der Waals surface area contributed by atoms with Crippen molar-refractivity contribution < 1.29 is 28.6 Å². The number of carbonyl (C=O) groups excluding carboxylic acids is 3. The van der Waals surface area contributed by atoms with Crippen LogP contribution in [0.3, 0.4) is 0 Å². The van der Waals surface area contributed by atoms with Crippen LogP contribution in [0.1, 0.15) is 245 Å². The Balaban J connectivity index is 4.37. The summed E-state index contributed by atoms with van der Waals surface area (Å²) in [5.74, 6) is -0.913. The topological polar surface area (TPSA) is 78.9 Å². The van der Waals surface area contributed by atoms with Gasteiger partial charge in [-0.1, -0.05) is 223 Å². The second-order valence-electron chi connectivity index (χ2n) is 16.7. The Morgan fingerprint density at radius 1 is 0.350 bits per heavy atom. The molecule has 6 heteroatoms. The molecular formula is C54H94O6. The van der Waals surface area contributed by atoms with E-state index in [-0.39, 0.29) is 31.1 Å². The number of hydrogen-bond acceptors (Lipinski definition) is 6. The van der Waals surface area contributed by atoms with E-state index in [1.54, 1.807) is 0 Å². The highest BCUT2D eigenvalue weighted by molar-refractivity contribution is 5.71. The fourth-order valence-corrected chi connectivity index (χ4v) is 7.00. The minimum atomic E-state index is -0.782. The van der Waals surface area contributed by atoms with Crippen LogP contribution in [0, 0.1) is 0 Å². The lowest BCUT2D eigenvalue weighted by Crippen LogP contribution is -2.30. The normalized spacial score (nSPS) is 12.5. The van der Waals surface area contributed by atoms with Gasteiger partial charge in [-0.15, -0.1) is 0 Å². The molecule has 0 rings (SSSR count). The summed E-state index contributed by atoms with van der Waals surface area (Å²) in [6, 6.07) is 0. The van der Waals surface area contributed by atoms with E-state index in [2.05, 4.69) is 81.5 Å². The van der Waals surface area contributed by atoms with E-state index in [0.717, 1.165) is 96.3 Å². The van der Waals surface area contributed by atoms with Gasteiger partial charge in [-0.25, -0.2) is 0 Å². The van der Waals surface area contributed by atoms with Gasteiger partial charge < -0.3 is 14.2 Å². The predicted molar refractivity (Wildman–Crippen MR) is 256 cm³/mol. The third-order valence-electron chi connectivity index (χ3n) is 10.8. The summed E-state index contributed by atoms with van der Waals surface area (Å²) >= 11 is 0. The number of carbonyl (C=O) groups is 3. The summed E-state index contributed by atoms with van der Waals surface area (Å²) in [7, 11) is 0. The molecule has 0 unspecified atom stereocenters. The maximum absolute atomic E-state index is 12.8. The number of hydrogen-bond donors (Lipinski definition) is 0. The van der Waals surface area contributed by atoms with Gasteiger partial charge in [-0.2, -0.15) is 0 Å². The summed E-state index contributed by atoms with van der Waals surface area (Å²) < 4.78 is 16.7. The number of allylic oxidation sites excluding steroid dienone is 10. The molecule has 0 bridgehead atoms. The Labute approximate surface area is 370 Å². The summed E-state index contributed by atoms with van der Waals surface area (Å²) in [4.78, 5) is 37.8. The fraction of sp³-hybridized carbons (Fsp3) is 0.759. The second kappa shape index (κ2) is 48.8. The molecule has 60 heavy (non-hydrogen) atoms. The molecule has 0 aromatic carbocycles. The zero-order valence-corrected chi connectivity index (χ0v) is 39.5. The minimum absolute atomic E-state index is 0.0821. The summed E-state index contributed by atoms with van der Waals surface area (Å²) in [5.41, 5.74) is 0. The maximum Gasteiger partial charge on any atom is 0.306 e. The van der Waals surface area contributed by atoms with Crippen molar-refractivity contribution >= 4 is 17.9 Å². The third-order valence-corrected chi connectivity index (χ3v) is 10.8. The predicted octanol–water partition coefficient (Wildman–Crippen LogP) is 16.5. The average Bonchev–Trinajstić information content (AvgIpc) is 3.24. The average molecular weight is 839 g/mol. The molecule has 0 aliphatic carbocycles. The van der Waals surface area contributed by atoms with Crippen LogP contribution in [0.2, 0.25) is 0 Å². The Bertz CT molecular complexity index is 1100. The molecule has 1 atom stereocenters. The zero-order chi connectivity index (χ0) is 43.7. The van der Waals surface area contributed by atoms with Gasteiger partial charge in [-0.05, 0) is 64.2 Å². The van der Waals surface area contributed by atoms with Crippen molar-refractivity contribution in [2.24, 2.45) is 0 Å². The van der Waals surface area contributed by atoms with Crippen LogP contribution in [0.15, 0.2) is 60.8 Å². The van der Waals surface area contributed by atoms with Crippen molar-refractivity contribution in [3.8, 4) is 0 Å². The van der Waals surface area contributed by atoms with Gasteiger partial charge in [0.1, 0.15) is 13.2 Å². The maximum atomic E-state index is 12.8. The smallest absolute Gasteiger partial charge is 0.306 e. The van der Waals surface area contributed by atoms with Crippen LogP contribution in [0.4, 0.5) is 0 Å². The molecule has 0 saturated carbocycles. The van der Waals surface area contributed by atoms with Crippen LogP contribution in [-0.2, 0) is 28.6 Å². The first-order chi connectivity index (χ1) is 29.5. The van der Waals surface area contributed by atoms with Crippen molar-refractivity contribution in [3.63, 3.8) is 0 Å².